The fraction of sp³-hybridized carbons (Fsp3) is 0.286. The zero-order valence-electron chi connectivity index (χ0n) is 16.2. The number of carbonyl (C=O) groups excluding carboxylic acids is 3. The van der Waals surface area contributed by atoms with Crippen molar-refractivity contribution >= 4 is 29.1 Å². The van der Waals surface area contributed by atoms with Gasteiger partial charge in [0.05, 0.1) is 26.2 Å². The van der Waals surface area contributed by atoms with Crippen LogP contribution in [0.3, 0.4) is 0 Å². The Kier molecular flexibility index (Phi) is 6.56. The molecule has 152 valence electrons. The number of anilines is 2. The number of nitrogens with zero attached hydrogens (tertiary/aromatic N) is 1. The Hall–Kier alpha value is -3.26. The third kappa shape index (κ3) is 5.86. The Labute approximate surface area is 168 Å². The second-order valence-corrected chi connectivity index (χ2v) is 7.04. The Morgan fingerprint density at radius 3 is 2.34 bits per heavy atom. The van der Waals surface area contributed by atoms with Gasteiger partial charge in [-0.05, 0) is 42.5 Å². The molecule has 3 rings (SSSR count). The van der Waals surface area contributed by atoms with Gasteiger partial charge < -0.3 is 20.4 Å². The molecular weight excluding hydrogens is 375 g/mol. The summed E-state index contributed by atoms with van der Waals surface area (Å²) in [6, 6.07) is 12.5. The molecule has 1 aliphatic heterocycles. The number of rotatable bonds is 5. The number of carbonyl (C=O) groups is 3. The minimum absolute atomic E-state index is 0.0907. The first kappa shape index (κ1) is 20.5. The van der Waals surface area contributed by atoms with Crippen molar-refractivity contribution in [3.05, 3.63) is 59.9 Å². The van der Waals surface area contributed by atoms with Crippen LogP contribution in [-0.4, -0.2) is 55.3 Å². The maximum Gasteiger partial charge on any atom is 0.279 e. The van der Waals surface area contributed by atoms with E-state index in [1.54, 1.807) is 29.2 Å². The summed E-state index contributed by atoms with van der Waals surface area (Å²) in [5.41, 5.74) is 1.67. The summed E-state index contributed by atoms with van der Waals surface area (Å²) < 4.78 is 12.9. The minimum atomic E-state index is -0.350. The molecule has 0 radical (unpaired) electrons. The highest BCUT2D eigenvalue weighted by molar-refractivity contribution is 5.97. The number of hydrogen-bond donors (Lipinski definition) is 3. The number of hydrogen-bond acceptors (Lipinski definition) is 3. The van der Waals surface area contributed by atoms with Crippen molar-refractivity contribution < 1.29 is 23.7 Å². The smallest absolute Gasteiger partial charge is 0.279 e. The van der Waals surface area contributed by atoms with Crippen molar-refractivity contribution in [3.8, 4) is 0 Å². The van der Waals surface area contributed by atoms with E-state index in [1.165, 1.54) is 31.2 Å². The maximum absolute atomic E-state index is 12.9. The van der Waals surface area contributed by atoms with Crippen LogP contribution in [0.15, 0.2) is 48.5 Å². The normalized spacial score (nSPS) is 14.3. The Balaban J connectivity index is 1.49. The van der Waals surface area contributed by atoms with Crippen LogP contribution in [-0.2, 0) is 9.59 Å². The lowest BCUT2D eigenvalue weighted by Gasteiger charge is -2.32. The van der Waals surface area contributed by atoms with Gasteiger partial charge in [0.25, 0.3) is 11.8 Å². The molecule has 0 bridgehead atoms. The highest BCUT2D eigenvalue weighted by atomic mass is 19.1. The number of benzene rings is 2. The summed E-state index contributed by atoms with van der Waals surface area (Å²) in [7, 11) is 0. The summed E-state index contributed by atoms with van der Waals surface area (Å²) in [4.78, 5) is 39.0. The van der Waals surface area contributed by atoms with Gasteiger partial charge in [-0.3, -0.25) is 14.4 Å². The lowest BCUT2D eigenvalue weighted by Crippen LogP contribution is -3.15. The number of halogens is 1. The molecule has 3 amide bonds. The fourth-order valence-corrected chi connectivity index (χ4v) is 3.28. The number of nitrogens with one attached hydrogen (secondary N) is 3. The van der Waals surface area contributed by atoms with Crippen LogP contribution in [0.2, 0.25) is 0 Å². The van der Waals surface area contributed by atoms with E-state index in [2.05, 4.69) is 10.6 Å². The van der Waals surface area contributed by atoms with Crippen LogP contribution in [0.4, 0.5) is 15.8 Å². The number of piperazine rings is 1. The lowest BCUT2D eigenvalue weighted by molar-refractivity contribution is -0.895. The number of amides is 3. The average molecular weight is 399 g/mol. The molecule has 29 heavy (non-hydrogen) atoms. The average Bonchev–Trinajstić information content (AvgIpc) is 2.69. The molecule has 1 heterocycles. The van der Waals surface area contributed by atoms with E-state index in [0.717, 1.165) is 4.90 Å². The standard InChI is InChI=1S/C21H23FN4O3/c1-15(27)23-19-4-2-3-16(13-19)21(29)26-11-9-25(10-12-26)14-20(28)24-18-7-5-17(22)6-8-18/h2-8,13H,9-12,14H2,1H3,(H,23,27)(H,24,28)/p+1. The van der Waals surface area contributed by atoms with Crippen LogP contribution < -0.4 is 15.5 Å². The van der Waals surface area contributed by atoms with E-state index >= 15 is 0 Å². The summed E-state index contributed by atoms with van der Waals surface area (Å²) in [5.74, 6) is -0.774. The van der Waals surface area contributed by atoms with Gasteiger partial charge in [-0.1, -0.05) is 6.07 Å². The third-order valence-corrected chi connectivity index (χ3v) is 4.73. The molecule has 1 saturated heterocycles. The lowest BCUT2D eigenvalue weighted by atomic mass is 10.1. The molecule has 2 aromatic rings. The van der Waals surface area contributed by atoms with Crippen molar-refractivity contribution in [1.82, 2.24) is 4.90 Å². The first-order valence-electron chi connectivity index (χ1n) is 9.46. The largest absolute Gasteiger partial charge is 0.327 e. The van der Waals surface area contributed by atoms with Gasteiger partial charge in [0.2, 0.25) is 5.91 Å². The van der Waals surface area contributed by atoms with Gasteiger partial charge in [-0.25, -0.2) is 4.39 Å². The van der Waals surface area contributed by atoms with Crippen LogP contribution in [0.25, 0.3) is 0 Å². The van der Waals surface area contributed by atoms with E-state index in [1.807, 2.05) is 0 Å². The topological polar surface area (TPSA) is 83.0 Å². The second-order valence-electron chi connectivity index (χ2n) is 7.04. The minimum Gasteiger partial charge on any atom is -0.327 e. The summed E-state index contributed by atoms with van der Waals surface area (Å²) in [5, 5.41) is 5.43. The number of quaternary nitrogens is 1. The van der Waals surface area contributed by atoms with E-state index in [4.69, 9.17) is 0 Å². The van der Waals surface area contributed by atoms with Crippen molar-refractivity contribution in [2.45, 2.75) is 6.92 Å². The Morgan fingerprint density at radius 1 is 1.00 bits per heavy atom. The molecule has 0 aliphatic carbocycles. The van der Waals surface area contributed by atoms with E-state index < -0.39 is 0 Å². The maximum atomic E-state index is 12.9. The summed E-state index contributed by atoms with van der Waals surface area (Å²) in [6.07, 6.45) is 0. The molecule has 1 aliphatic rings. The van der Waals surface area contributed by atoms with Gasteiger partial charge in [0, 0.05) is 23.9 Å². The third-order valence-electron chi connectivity index (χ3n) is 4.73. The van der Waals surface area contributed by atoms with E-state index in [-0.39, 0.29) is 30.1 Å². The van der Waals surface area contributed by atoms with Crippen molar-refractivity contribution in [1.29, 1.82) is 0 Å². The first-order chi connectivity index (χ1) is 13.9. The van der Waals surface area contributed by atoms with Crippen molar-refractivity contribution in [3.63, 3.8) is 0 Å². The van der Waals surface area contributed by atoms with Crippen molar-refractivity contribution in [2.75, 3.05) is 43.4 Å². The second kappa shape index (κ2) is 9.29. The zero-order valence-corrected chi connectivity index (χ0v) is 16.2. The molecule has 3 N–H and O–H groups in total. The molecule has 0 atom stereocenters. The molecular formula is C21H24FN4O3+. The van der Waals surface area contributed by atoms with Gasteiger partial charge >= 0.3 is 0 Å². The molecule has 8 heteroatoms. The summed E-state index contributed by atoms with van der Waals surface area (Å²) in [6.45, 7) is 4.12. The van der Waals surface area contributed by atoms with Gasteiger partial charge in [-0.2, -0.15) is 0 Å². The summed E-state index contributed by atoms with van der Waals surface area (Å²) >= 11 is 0. The van der Waals surface area contributed by atoms with Crippen LogP contribution in [0.5, 0.6) is 0 Å². The van der Waals surface area contributed by atoms with Gasteiger partial charge in [-0.15, -0.1) is 0 Å². The molecule has 0 spiro atoms. The monoisotopic (exact) mass is 399 g/mol. The van der Waals surface area contributed by atoms with Crippen molar-refractivity contribution in [2.24, 2.45) is 0 Å². The first-order valence-corrected chi connectivity index (χ1v) is 9.46. The molecule has 7 nitrogen and oxygen atoms in total. The van der Waals surface area contributed by atoms with E-state index in [0.29, 0.717) is 43.1 Å². The molecule has 0 saturated carbocycles. The Bertz CT molecular complexity index is 893. The molecule has 1 fully saturated rings. The van der Waals surface area contributed by atoms with Gasteiger partial charge in [0.1, 0.15) is 5.82 Å². The molecule has 2 aromatic carbocycles. The fourth-order valence-electron chi connectivity index (χ4n) is 3.28. The predicted molar refractivity (Wildman–Crippen MR) is 107 cm³/mol. The molecule has 0 aromatic heterocycles. The Morgan fingerprint density at radius 2 is 1.69 bits per heavy atom. The molecule has 0 unspecified atom stereocenters. The quantitative estimate of drug-likeness (QED) is 0.694. The van der Waals surface area contributed by atoms with Crippen LogP contribution in [0.1, 0.15) is 17.3 Å². The highest BCUT2D eigenvalue weighted by Crippen LogP contribution is 2.13. The highest BCUT2D eigenvalue weighted by Gasteiger charge is 2.26. The predicted octanol–water partition coefficient (Wildman–Crippen LogP) is 0.764. The zero-order chi connectivity index (χ0) is 20.8. The van der Waals surface area contributed by atoms with E-state index in [9.17, 15) is 18.8 Å². The SMILES string of the molecule is CC(=O)Nc1cccc(C(=O)N2CC[NH+](CC(=O)Nc3ccc(F)cc3)CC2)c1. The van der Waals surface area contributed by atoms with Crippen LogP contribution in [0, 0.1) is 5.82 Å². The van der Waals surface area contributed by atoms with Crippen LogP contribution >= 0.6 is 0 Å². The van der Waals surface area contributed by atoms with Gasteiger partial charge in [0.15, 0.2) is 6.54 Å².